The van der Waals surface area contributed by atoms with E-state index in [0.29, 0.717) is 0 Å². The molecule has 20 heavy (non-hydrogen) atoms. The Morgan fingerprint density at radius 3 is 2.90 bits per heavy atom. The van der Waals surface area contributed by atoms with Crippen LogP contribution in [-0.2, 0) is 11.3 Å². The second-order valence-electron chi connectivity index (χ2n) is 5.26. The number of benzene rings is 1. The van der Waals surface area contributed by atoms with E-state index in [1.54, 1.807) is 13.3 Å². The number of aliphatic hydroxyl groups is 1. The van der Waals surface area contributed by atoms with E-state index < -0.39 is 0 Å². The molecule has 2 aromatic rings. The van der Waals surface area contributed by atoms with E-state index in [9.17, 15) is 5.11 Å². The Kier molecular flexibility index (Phi) is 3.85. The molecule has 0 aliphatic carbocycles. The van der Waals surface area contributed by atoms with Gasteiger partial charge in [0, 0.05) is 37.3 Å². The summed E-state index contributed by atoms with van der Waals surface area (Å²) in [4.78, 5) is 6.87. The SMILES string of the molecule is COC1CCCN(c2ncc(CO)c3ccccc23)C1. The van der Waals surface area contributed by atoms with Crippen molar-refractivity contribution in [2.75, 3.05) is 25.1 Å². The van der Waals surface area contributed by atoms with Crippen LogP contribution < -0.4 is 4.90 Å². The first kappa shape index (κ1) is 13.3. The van der Waals surface area contributed by atoms with Gasteiger partial charge in [-0.3, -0.25) is 0 Å². The van der Waals surface area contributed by atoms with Gasteiger partial charge in [0.1, 0.15) is 5.82 Å². The van der Waals surface area contributed by atoms with Crippen molar-refractivity contribution in [2.45, 2.75) is 25.6 Å². The van der Waals surface area contributed by atoms with Crippen molar-refractivity contribution < 1.29 is 9.84 Å². The van der Waals surface area contributed by atoms with Crippen LogP contribution in [0.15, 0.2) is 30.5 Å². The standard InChI is InChI=1S/C16H20N2O2/c1-20-13-5-4-8-18(10-13)16-15-7-3-2-6-14(15)12(11-19)9-17-16/h2-3,6-7,9,13,19H,4-5,8,10-11H2,1H3. The zero-order valence-corrected chi connectivity index (χ0v) is 11.7. The predicted molar refractivity (Wildman–Crippen MR) is 79.9 cm³/mol. The molecule has 1 atom stereocenters. The van der Waals surface area contributed by atoms with Crippen LogP contribution in [0.3, 0.4) is 0 Å². The minimum atomic E-state index is 0.0223. The van der Waals surface area contributed by atoms with E-state index in [0.717, 1.165) is 48.1 Å². The first-order valence-electron chi connectivity index (χ1n) is 7.08. The van der Waals surface area contributed by atoms with Crippen molar-refractivity contribution in [3.63, 3.8) is 0 Å². The average Bonchev–Trinajstić information content (AvgIpc) is 2.54. The van der Waals surface area contributed by atoms with Crippen molar-refractivity contribution in [1.29, 1.82) is 0 Å². The fourth-order valence-electron chi connectivity index (χ4n) is 2.94. The number of pyridine rings is 1. The third-order valence-corrected chi connectivity index (χ3v) is 4.04. The molecule has 0 spiro atoms. The molecule has 2 heterocycles. The van der Waals surface area contributed by atoms with Crippen molar-refractivity contribution in [2.24, 2.45) is 0 Å². The van der Waals surface area contributed by atoms with Crippen LogP contribution in [0.1, 0.15) is 18.4 Å². The molecule has 1 aliphatic rings. The predicted octanol–water partition coefficient (Wildman–Crippen LogP) is 2.34. The normalized spacial score (nSPS) is 19.5. The Hall–Kier alpha value is -1.65. The van der Waals surface area contributed by atoms with Gasteiger partial charge in [0.2, 0.25) is 0 Å². The number of hydrogen-bond donors (Lipinski definition) is 1. The molecule has 4 heteroatoms. The van der Waals surface area contributed by atoms with Crippen LogP contribution in [0.25, 0.3) is 10.8 Å². The number of nitrogens with zero attached hydrogens (tertiary/aromatic N) is 2. The second-order valence-corrected chi connectivity index (χ2v) is 5.26. The van der Waals surface area contributed by atoms with Crippen LogP contribution in [0.2, 0.25) is 0 Å². The molecule has 0 amide bonds. The van der Waals surface area contributed by atoms with Crippen LogP contribution in [-0.4, -0.2) is 36.4 Å². The van der Waals surface area contributed by atoms with E-state index in [2.05, 4.69) is 16.0 Å². The molecule has 1 saturated heterocycles. The molecular weight excluding hydrogens is 252 g/mol. The number of piperidine rings is 1. The molecule has 1 unspecified atom stereocenters. The highest BCUT2D eigenvalue weighted by molar-refractivity contribution is 5.94. The third-order valence-electron chi connectivity index (χ3n) is 4.04. The Morgan fingerprint density at radius 1 is 1.35 bits per heavy atom. The number of methoxy groups -OCH3 is 1. The van der Waals surface area contributed by atoms with E-state index in [1.165, 1.54) is 0 Å². The summed E-state index contributed by atoms with van der Waals surface area (Å²) in [6, 6.07) is 8.14. The number of fused-ring (bicyclic) bond motifs is 1. The molecule has 3 rings (SSSR count). The number of aromatic nitrogens is 1. The largest absolute Gasteiger partial charge is 0.392 e. The molecule has 1 aliphatic heterocycles. The zero-order valence-electron chi connectivity index (χ0n) is 11.7. The lowest BCUT2D eigenvalue weighted by Gasteiger charge is -2.33. The maximum Gasteiger partial charge on any atom is 0.136 e. The van der Waals surface area contributed by atoms with Gasteiger partial charge in [-0.25, -0.2) is 4.98 Å². The summed E-state index contributed by atoms with van der Waals surface area (Å²) < 4.78 is 5.49. The van der Waals surface area contributed by atoms with Crippen LogP contribution in [0.5, 0.6) is 0 Å². The first-order valence-corrected chi connectivity index (χ1v) is 7.08. The fourth-order valence-corrected chi connectivity index (χ4v) is 2.94. The number of ether oxygens (including phenoxy) is 1. The maximum atomic E-state index is 9.44. The monoisotopic (exact) mass is 272 g/mol. The number of aliphatic hydroxyl groups excluding tert-OH is 1. The molecule has 4 nitrogen and oxygen atoms in total. The van der Waals surface area contributed by atoms with E-state index in [4.69, 9.17) is 4.74 Å². The highest BCUT2D eigenvalue weighted by atomic mass is 16.5. The summed E-state index contributed by atoms with van der Waals surface area (Å²) in [6.07, 6.45) is 4.30. The minimum absolute atomic E-state index is 0.0223. The number of hydrogen-bond acceptors (Lipinski definition) is 4. The van der Waals surface area contributed by atoms with Gasteiger partial charge in [-0.15, -0.1) is 0 Å². The molecule has 1 aromatic carbocycles. The molecular formula is C16H20N2O2. The van der Waals surface area contributed by atoms with Gasteiger partial charge in [0.15, 0.2) is 0 Å². The van der Waals surface area contributed by atoms with Crippen LogP contribution in [0.4, 0.5) is 5.82 Å². The molecule has 1 fully saturated rings. The summed E-state index contributed by atoms with van der Waals surface area (Å²) in [5.74, 6) is 1.000. The summed E-state index contributed by atoms with van der Waals surface area (Å²) in [7, 11) is 1.77. The Morgan fingerprint density at radius 2 is 2.15 bits per heavy atom. The molecule has 0 saturated carbocycles. The summed E-state index contributed by atoms with van der Waals surface area (Å²) in [6.45, 7) is 1.91. The molecule has 0 radical (unpaired) electrons. The summed E-state index contributed by atoms with van der Waals surface area (Å²) in [5.41, 5.74) is 0.879. The molecule has 1 aromatic heterocycles. The van der Waals surface area contributed by atoms with Gasteiger partial charge in [-0.05, 0) is 18.2 Å². The van der Waals surface area contributed by atoms with E-state index >= 15 is 0 Å². The Labute approximate surface area is 119 Å². The average molecular weight is 272 g/mol. The molecule has 1 N–H and O–H groups in total. The van der Waals surface area contributed by atoms with E-state index in [1.807, 2.05) is 18.2 Å². The van der Waals surface area contributed by atoms with Crippen molar-refractivity contribution in [1.82, 2.24) is 4.98 Å². The van der Waals surface area contributed by atoms with Crippen molar-refractivity contribution in [3.05, 3.63) is 36.0 Å². The van der Waals surface area contributed by atoms with Crippen molar-refractivity contribution in [3.8, 4) is 0 Å². The van der Waals surface area contributed by atoms with Gasteiger partial charge >= 0.3 is 0 Å². The van der Waals surface area contributed by atoms with Crippen LogP contribution >= 0.6 is 0 Å². The smallest absolute Gasteiger partial charge is 0.136 e. The summed E-state index contributed by atoms with van der Waals surface area (Å²) in [5, 5.41) is 11.6. The van der Waals surface area contributed by atoms with Gasteiger partial charge in [0.25, 0.3) is 0 Å². The van der Waals surface area contributed by atoms with Crippen LogP contribution in [0, 0.1) is 0 Å². The molecule has 106 valence electrons. The summed E-state index contributed by atoms with van der Waals surface area (Å²) >= 11 is 0. The van der Waals surface area contributed by atoms with E-state index in [-0.39, 0.29) is 12.7 Å². The van der Waals surface area contributed by atoms with Gasteiger partial charge in [-0.2, -0.15) is 0 Å². The Bertz CT molecular complexity index is 600. The fraction of sp³-hybridized carbons (Fsp3) is 0.438. The zero-order chi connectivity index (χ0) is 13.9. The second kappa shape index (κ2) is 5.77. The third kappa shape index (κ3) is 2.37. The first-order chi connectivity index (χ1) is 9.83. The topological polar surface area (TPSA) is 45.6 Å². The quantitative estimate of drug-likeness (QED) is 0.931. The van der Waals surface area contributed by atoms with Gasteiger partial charge in [0.05, 0.1) is 12.7 Å². The van der Waals surface area contributed by atoms with Gasteiger partial charge < -0.3 is 14.7 Å². The van der Waals surface area contributed by atoms with Gasteiger partial charge in [-0.1, -0.05) is 24.3 Å². The number of anilines is 1. The lowest BCUT2D eigenvalue weighted by molar-refractivity contribution is 0.0892. The highest BCUT2D eigenvalue weighted by Crippen LogP contribution is 2.29. The minimum Gasteiger partial charge on any atom is -0.392 e. The Balaban J connectivity index is 2.03. The number of rotatable bonds is 3. The highest BCUT2D eigenvalue weighted by Gasteiger charge is 2.22. The maximum absolute atomic E-state index is 9.44. The lowest BCUT2D eigenvalue weighted by atomic mass is 10.0. The lowest BCUT2D eigenvalue weighted by Crippen LogP contribution is -2.39. The molecule has 0 bridgehead atoms. The van der Waals surface area contributed by atoms with Crippen molar-refractivity contribution >= 4 is 16.6 Å².